The predicted molar refractivity (Wildman–Crippen MR) is 100 cm³/mol. The van der Waals surface area contributed by atoms with E-state index in [4.69, 9.17) is 9.47 Å². The lowest BCUT2D eigenvalue weighted by Gasteiger charge is -2.60. The molecular formula is C23H36O2. The topological polar surface area (TPSA) is 18.5 Å². The SMILES string of the molecule is CC1=CCC2C3CCC4C5(CCCCC4(C)C3CCC12C)OCCO5. The monoisotopic (exact) mass is 344 g/mol. The Hall–Kier alpha value is -0.340. The zero-order valence-corrected chi connectivity index (χ0v) is 16.5. The van der Waals surface area contributed by atoms with Crippen LogP contribution in [0.2, 0.25) is 0 Å². The van der Waals surface area contributed by atoms with Gasteiger partial charge in [-0.05, 0) is 80.5 Å². The smallest absolute Gasteiger partial charge is 0.171 e. The number of hydrogen-bond acceptors (Lipinski definition) is 2. The van der Waals surface area contributed by atoms with Gasteiger partial charge in [0.05, 0.1) is 13.2 Å². The molecular weight excluding hydrogens is 308 g/mol. The van der Waals surface area contributed by atoms with Gasteiger partial charge in [0.1, 0.15) is 0 Å². The van der Waals surface area contributed by atoms with E-state index >= 15 is 0 Å². The molecule has 0 aromatic carbocycles. The molecule has 25 heavy (non-hydrogen) atoms. The van der Waals surface area contributed by atoms with E-state index < -0.39 is 0 Å². The van der Waals surface area contributed by atoms with Gasteiger partial charge in [-0.1, -0.05) is 31.9 Å². The van der Waals surface area contributed by atoms with Crippen molar-refractivity contribution in [1.29, 1.82) is 0 Å². The first-order valence-electron chi connectivity index (χ1n) is 10.9. The lowest BCUT2D eigenvalue weighted by atomic mass is 9.45. The molecule has 1 spiro atoms. The molecule has 1 aliphatic heterocycles. The molecule has 2 heteroatoms. The summed E-state index contributed by atoms with van der Waals surface area (Å²) in [5.74, 6) is 3.08. The van der Waals surface area contributed by atoms with E-state index in [0.29, 0.717) is 16.7 Å². The van der Waals surface area contributed by atoms with Crippen LogP contribution in [0, 0.1) is 34.5 Å². The summed E-state index contributed by atoms with van der Waals surface area (Å²) in [5.41, 5.74) is 2.59. The third-order valence-electron chi connectivity index (χ3n) is 9.64. The Morgan fingerprint density at radius 2 is 1.68 bits per heavy atom. The Morgan fingerprint density at radius 3 is 2.48 bits per heavy atom. The molecule has 4 aliphatic carbocycles. The van der Waals surface area contributed by atoms with Crippen LogP contribution in [-0.2, 0) is 9.47 Å². The zero-order chi connectivity index (χ0) is 17.3. The number of hydrogen-bond donors (Lipinski definition) is 0. The summed E-state index contributed by atoms with van der Waals surface area (Å²) in [4.78, 5) is 0. The van der Waals surface area contributed by atoms with Gasteiger partial charge in [-0.3, -0.25) is 0 Å². The van der Waals surface area contributed by atoms with E-state index in [9.17, 15) is 0 Å². The minimum atomic E-state index is -0.235. The molecule has 3 saturated carbocycles. The van der Waals surface area contributed by atoms with Crippen molar-refractivity contribution in [1.82, 2.24) is 0 Å². The second kappa shape index (κ2) is 5.58. The Kier molecular flexibility index (Phi) is 3.75. The normalized spacial score (nSPS) is 51.4. The highest BCUT2D eigenvalue weighted by atomic mass is 16.7. The van der Waals surface area contributed by atoms with Crippen LogP contribution in [0.15, 0.2) is 11.6 Å². The van der Waals surface area contributed by atoms with Gasteiger partial charge in [-0.25, -0.2) is 0 Å². The quantitative estimate of drug-likeness (QED) is 0.523. The van der Waals surface area contributed by atoms with Crippen LogP contribution in [0.1, 0.15) is 78.6 Å². The third kappa shape index (κ3) is 2.16. The van der Waals surface area contributed by atoms with Crippen LogP contribution < -0.4 is 0 Å². The minimum Gasteiger partial charge on any atom is -0.347 e. The fourth-order valence-corrected chi connectivity index (χ4v) is 8.19. The van der Waals surface area contributed by atoms with Gasteiger partial charge < -0.3 is 9.47 Å². The molecule has 0 aromatic heterocycles. The van der Waals surface area contributed by atoms with Crippen LogP contribution >= 0.6 is 0 Å². The van der Waals surface area contributed by atoms with E-state index in [1.54, 1.807) is 5.57 Å². The van der Waals surface area contributed by atoms with Crippen molar-refractivity contribution in [2.24, 2.45) is 34.5 Å². The van der Waals surface area contributed by atoms with Gasteiger partial charge >= 0.3 is 0 Å². The average molecular weight is 345 g/mol. The highest BCUT2D eigenvalue weighted by molar-refractivity contribution is 5.24. The van der Waals surface area contributed by atoms with E-state index in [1.807, 2.05) is 0 Å². The lowest BCUT2D eigenvalue weighted by Crippen LogP contribution is -2.57. The van der Waals surface area contributed by atoms with Crippen molar-refractivity contribution in [3.8, 4) is 0 Å². The molecule has 1 heterocycles. The van der Waals surface area contributed by atoms with Gasteiger partial charge in [0.25, 0.3) is 0 Å². The first kappa shape index (κ1) is 16.8. The first-order chi connectivity index (χ1) is 12.0. The molecule has 0 N–H and O–H groups in total. The van der Waals surface area contributed by atoms with Crippen LogP contribution in [0.25, 0.3) is 0 Å². The van der Waals surface area contributed by atoms with E-state index in [0.717, 1.165) is 37.4 Å². The van der Waals surface area contributed by atoms with Gasteiger partial charge in [0.15, 0.2) is 5.79 Å². The fraction of sp³-hybridized carbons (Fsp3) is 0.913. The minimum absolute atomic E-state index is 0.235. The van der Waals surface area contributed by atoms with E-state index in [-0.39, 0.29) is 5.79 Å². The number of fused-ring (bicyclic) bond motifs is 6. The maximum Gasteiger partial charge on any atom is 0.171 e. The van der Waals surface area contributed by atoms with Gasteiger partial charge in [-0.15, -0.1) is 0 Å². The second-order valence-electron chi connectivity index (χ2n) is 10.3. The van der Waals surface area contributed by atoms with Crippen LogP contribution in [0.4, 0.5) is 0 Å². The van der Waals surface area contributed by atoms with Crippen molar-refractivity contribution < 1.29 is 9.47 Å². The average Bonchev–Trinajstić information content (AvgIpc) is 3.14. The Labute approximate surface area is 153 Å². The number of rotatable bonds is 0. The summed E-state index contributed by atoms with van der Waals surface area (Å²) in [6.07, 6.45) is 14.6. The maximum atomic E-state index is 6.37. The summed E-state index contributed by atoms with van der Waals surface area (Å²) in [6.45, 7) is 9.22. The van der Waals surface area contributed by atoms with Gasteiger partial charge in [-0.2, -0.15) is 0 Å². The van der Waals surface area contributed by atoms with E-state index in [1.165, 1.54) is 51.4 Å². The molecule has 0 radical (unpaired) electrons. The molecule has 0 aromatic rings. The molecule has 0 bridgehead atoms. The summed E-state index contributed by atoms with van der Waals surface area (Å²) >= 11 is 0. The van der Waals surface area contributed by atoms with Gasteiger partial charge in [0.2, 0.25) is 0 Å². The van der Waals surface area contributed by atoms with Crippen molar-refractivity contribution >= 4 is 0 Å². The molecule has 6 unspecified atom stereocenters. The van der Waals surface area contributed by atoms with Crippen molar-refractivity contribution in [3.05, 3.63) is 11.6 Å². The molecule has 140 valence electrons. The maximum absolute atomic E-state index is 6.37. The molecule has 6 atom stereocenters. The highest BCUT2D eigenvalue weighted by Gasteiger charge is 2.62. The number of allylic oxidation sites excluding steroid dienone is 2. The molecule has 5 aliphatic rings. The van der Waals surface area contributed by atoms with Gasteiger partial charge in [0, 0.05) is 12.3 Å². The first-order valence-corrected chi connectivity index (χ1v) is 10.9. The largest absolute Gasteiger partial charge is 0.347 e. The Morgan fingerprint density at radius 1 is 0.920 bits per heavy atom. The molecule has 2 nitrogen and oxygen atoms in total. The molecule has 4 fully saturated rings. The zero-order valence-electron chi connectivity index (χ0n) is 16.5. The highest BCUT2D eigenvalue weighted by Crippen LogP contribution is 2.67. The standard InChI is InChI=1S/C23H36O2/c1-16-6-8-18-17-7-9-20-22(3,19(17)10-13-21(16,18)2)11-4-5-12-23(20)24-14-15-25-23/h6,17-20H,4-5,7-15H2,1-3H3. The van der Waals surface area contributed by atoms with E-state index in [2.05, 4.69) is 26.8 Å². The fourth-order valence-electron chi connectivity index (χ4n) is 8.19. The van der Waals surface area contributed by atoms with Crippen molar-refractivity contribution in [2.45, 2.75) is 84.3 Å². The van der Waals surface area contributed by atoms with Crippen molar-refractivity contribution in [3.63, 3.8) is 0 Å². The summed E-state index contributed by atoms with van der Waals surface area (Å²) in [5, 5.41) is 0. The Bertz CT molecular complexity index is 575. The second-order valence-corrected chi connectivity index (χ2v) is 10.3. The van der Waals surface area contributed by atoms with Crippen molar-refractivity contribution in [2.75, 3.05) is 13.2 Å². The lowest BCUT2D eigenvalue weighted by molar-refractivity contribution is -0.248. The van der Waals surface area contributed by atoms with Crippen LogP contribution in [-0.4, -0.2) is 19.0 Å². The number of ether oxygens (including phenoxy) is 2. The summed E-state index contributed by atoms with van der Waals surface area (Å²) in [7, 11) is 0. The van der Waals surface area contributed by atoms with Crippen LogP contribution in [0.3, 0.4) is 0 Å². The molecule has 1 saturated heterocycles. The predicted octanol–water partition coefficient (Wildman–Crippen LogP) is 5.72. The third-order valence-corrected chi connectivity index (χ3v) is 9.64. The summed E-state index contributed by atoms with van der Waals surface area (Å²) < 4.78 is 12.7. The Balaban J connectivity index is 1.50. The molecule has 5 rings (SSSR count). The van der Waals surface area contributed by atoms with Crippen LogP contribution in [0.5, 0.6) is 0 Å². The summed E-state index contributed by atoms with van der Waals surface area (Å²) in [6, 6.07) is 0. The molecule has 0 amide bonds.